The van der Waals surface area contributed by atoms with E-state index in [1.807, 2.05) is 12.7 Å². The molecular formula is C16H27OP. The molecule has 18 heavy (non-hydrogen) atoms. The topological polar surface area (TPSA) is 20.2 Å². The van der Waals surface area contributed by atoms with Crippen molar-refractivity contribution in [3.63, 3.8) is 0 Å². The van der Waals surface area contributed by atoms with Crippen LogP contribution in [0.3, 0.4) is 0 Å². The van der Waals surface area contributed by atoms with Gasteiger partial charge in [-0.05, 0) is 30.0 Å². The van der Waals surface area contributed by atoms with Crippen LogP contribution in [-0.4, -0.2) is 11.6 Å². The Bertz CT molecular complexity index is 345. The van der Waals surface area contributed by atoms with Gasteiger partial charge in [-0.15, -0.1) is 0 Å². The lowest BCUT2D eigenvalue weighted by molar-refractivity contribution is 0.202. The lowest BCUT2D eigenvalue weighted by atomic mass is 9.74. The summed E-state index contributed by atoms with van der Waals surface area (Å²) in [5.74, 6) is 0.679. The van der Waals surface area contributed by atoms with E-state index < -0.39 is 8.15 Å². The van der Waals surface area contributed by atoms with Gasteiger partial charge in [-0.3, -0.25) is 0 Å². The second kappa shape index (κ2) is 6.68. The van der Waals surface area contributed by atoms with Gasteiger partial charge in [0.2, 0.25) is 0 Å². The van der Waals surface area contributed by atoms with Gasteiger partial charge >= 0.3 is 0 Å². The Morgan fingerprint density at radius 2 is 1.78 bits per heavy atom. The molecule has 0 heterocycles. The molecule has 0 aliphatic carbocycles. The lowest BCUT2D eigenvalue weighted by Crippen LogP contribution is -2.23. The van der Waals surface area contributed by atoms with E-state index in [4.69, 9.17) is 0 Å². The lowest BCUT2D eigenvalue weighted by Gasteiger charge is -2.36. The van der Waals surface area contributed by atoms with E-state index in [2.05, 4.69) is 52.0 Å². The number of benzene rings is 1. The van der Waals surface area contributed by atoms with Crippen LogP contribution in [0.15, 0.2) is 30.3 Å². The van der Waals surface area contributed by atoms with E-state index in [9.17, 15) is 4.89 Å². The van der Waals surface area contributed by atoms with Gasteiger partial charge in [0.1, 0.15) is 0 Å². The van der Waals surface area contributed by atoms with E-state index >= 15 is 0 Å². The Kier molecular flexibility index (Phi) is 5.82. The summed E-state index contributed by atoms with van der Waals surface area (Å²) >= 11 is 0. The van der Waals surface area contributed by atoms with Crippen molar-refractivity contribution in [3.8, 4) is 0 Å². The van der Waals surface area contributed by atoms with E-state index in [1.165, 1.54) is 12.0 Å². The molecule has 0 aliphatic heterocycles. The van der Waals surface area contributed by atoms with Crippen molar-refractivity contribution < 1.29 is 4.89 Å². The van der Waals surface area contributed by atoms with Crippen LogP contribution in [0.1, 0.15) is 51.8 Å². The third kappa shape index (κ3) is 4.07. The van der Waals surface area contributed by atoms with E-state index in [1.54, 1.807) is 0 Å². The zero-order valence-electron chi connectivity index (χ0n) is 12.4. The fraction of sp³-hybridized carbons (Fsp3) is 0.625. The summed E-state index contributed by atoms with van der Waals surface area (Å²) in [5, 5.41) is 0. The highest BCUT2D eigenvalue weighted by molar-refractivity contribution is 7.51. The molecule has 1 rings (SSSR count). The van der Waals surface area contributed by atoms with Crippen molar-refractivity contribution >= 4 is 8.15 Å². The standard InChI is InChI=1S/C16H27OP/c1-6-13(2)16(3,4)12-15(18(5)17)14-10-8-7-9-11-14/h7-11,13,15,17H,6,12H2,1-5H3. The quantitative estimate of drug-likeness (QED) is 0.701. The minimum absolute atomic E-state index is 0.272. The van der Waals surface area contributed by atoms with Crippen LogP contribution in [0.2, 0.25) is 0 Å². The molecule has 1 N–H and O–H groups in total. The summed E-state index contributed by atoms with van der Waals surface area (Å²) in [5.41, 5.74) is 1.85. The zero-order chi connectivity index (χ0) is 13.8. The second-order valence-corrected chi connectivity index (χ2v) is 7.77. The highest BCUT2D eigenvalue weighted by atomic mass is 31.1. The van der Waals surface area contributed by atoms with Crippen LogP contribution in [0.25, 0.3) is 0 Å². The molecule has 0 saturated heterocycles. The number of hydrogen-bond acceptors (Lipinski definition) is 1. The third-order valence-corrected chi connectivity index (χ3v) is 5.68. The van der Waals surface area contributed by atoms with Gasteiger partial charge in [0.25, 0.3) is 0 Å². The molecule has 0 bridgehead atoms. The summed E-state index contributed by atoms with van der Waals surface area (Å²) in [6, 6.07) is 10.5. The van der Waals surface area contributed by atoms with Gasteiger partial charge in [0.15, 0.2) is 0 Å². The molecule has 3 atom stereocenters. The maximum absolute atomic E-state index is 10.1. The van der Waals surface area contributed by atoms with Crippen LogP contribution in [0.4, 0.5) is 0 Å². The summed E-state index contributed by atoms with van der Waals surface area (Å²) in [4.78, 5) is 10.1. The van der Waals surface area contributed by atoms with E-state index in [0.717, 1.165) is 6.42 Å². The van der Waals surface area contributed by atoms with Crippen molar-refractivity contribution in [2.24, 2.45) is 11.3 Å². The normalized spacial score (nSPS) is 17.2. The third-order valence-electron chi connectivity index (χ3n) is 4.30. The van der Waals surface area contributed by atoms with Crippen molar-refractivity contribution in [3.05, 3.63) is 35.9 Å². The first-order chi connectivity index (χ1) is 8.38. The average Bonchev–Trinajstić information content (AvgIpc) is 2.35. The largest absolute Gasteiger partial charge is 0.373 e. The molecule has 102 valence electrons. The predicted molar refractivity (Wildman–Crippen MR) is 82.1 cm³/mol. The van der Waals surface area contributed by atoms with Crippen LogP contribution in [-0.2, 0) is 0 Å². The van der Waals surface area contributed by atoms with Crippen LogP contribution < -0.4 is 0 Å². The molecule has 2 heteroatoms. The predicted octanol–water partition coefficient (Wildman–Crippen LogP) is 5.21. The fourth-order valence-electron chi connectivity index (χ4n) is 2.39. The fourth-order valence-corrected chi connectivity index (χ4v) is 3.73. The van der Waals surface area contributed by atoms with Gasteiger partial charge in [-0.1, -0.05) is 64.4 Å². The monoisotopic (exact) mass is 266 g/mol. The summed E-state index contributed by atoms with van der Waals surface area (Å²) in [6.45, 7) is 11.2. The molecule has 0 aromatic heterocycles. The van der Waals surface area contributed by atoms with Gasteiger partial charge < -0.3 is 4.89 Å². The smallest absolute Gasteiger partial charge is 0.0296 e. The van der Waals surface area contributed by atoms with E-state index in [-0.39, 0.29) is 5.41 Å². The molecule has 0 aliphatic rings. The Balaban J connectivity index is 2.89. The van der Waals surface area contributed by atoms with Crippen LogP contribution in [0.5, 0.6) is 0 Å². The first kappa shape index (κ1) is 15.7. The van der Waals surface area contributed by atoms with Crippen LogP contribution in [0, 0.1) is 11.3 Å². The molecule has 3 unspecified atom stereocenters. The van der Waals surface area contributed by atoms with Gasteiger partial charge in [0.05, 0.1) is 0 Å². The van der Waals surface area contributed by atoms with Crippen molar-refractivity contribution in [1.29, 1.82) is 0 Å². The van der Waals surface area contributed by atoms with Crippen LogP contribution >= 0.6 is 8.15 Å². The van der Waals surface area contributed by atoms with E-state index in [0.29, 0.717) is 11.6 Å². The first-order valence-corrected chi connectivity index (χ1v) is 8.66. The van der Waals surface area contributed by atoms with Crippen molar-refractivity contribution in [2.75, 3.05) is 6.66 Å². The highest BCUT2D eigenvalue weighted by Crippen LogP contribution is 2.52. The average molecular weight is 266 g/mol. The Hall–Kier alpha value is -0.390. The van der Waals surface area contributed by atoms with Gasteiger partial charge in [-0.25, -0.2) is 0 Å². The maximum Gasteiger partial charge on any atom is 0.0296 e. The Labute approximate surface area is 113 Å². The Morgan fingerprint density at radius 3 is 2.22 bits per heavy atom. The molecule has 0 amide bonds. The minimum Gasteiger partial charge on any atom is -0.373 e. The molecule has 0 radical (unpaired) electrons. The summed E-state index contributed by atoms with van der Waals surface area (Å²) in [7, 11) is -0.934. The highest BCUT2D eigenvalue weighted by Gasteiger charge is 2.31. The first-order valence-electron chi connectivity index (χ1n) is 6.85. The summed E-state index contributed by atoms with van der Waals surface area (Å²) < 4.78 is 0. The van der Waals surface area contributed by atoms with Crippen molar-refractivity contribution in [2.45, 2.75) is 46.2 Å². The summed E-state index contributed by atoms with van der Waals surface area (Å²) in [6.07, 6.45) is 2.26. The van der Waals surface area contributed by atoms with Gasteiger partial charge in [-0.2, -0.15) is 0 Å². The molecule has 0 saturated carbocycles. The number of rotatable bonds is 6. The van der Waals surface area contributed by atoms with Crippen molar-refractivity contribution in [1.82, 2.24) is 0 Å². The zero-order valence-corrected chi connectivity index (χ0v) is 13.2. The second-order valence-electron chi connectivity index (χ2n) is 6.00. The Morgan fingerprint density at radius 1 is 1.22 bits per heavy atom. The van der Waals surface area contributed by atoms with Gasteiger partial charge in [0, 0.05) is 13.8 Å². The molecule has 0 spiro atoms. The molecule has 1 aromatic rings. The molecule has 1 nitrogen and oxygen atoms in total. The molecular weight excluding hydrogens is 239 g/mol. The molecule has 0 fully saturated rings. The number of hydrogen-bond donors (Lipinski definition) is 1. The SMILES string of the molecule is CCC(C)C(C)(C)CC(c1ccccc1)P(C)O. The molecule has 1 aromatic carbocycles. The maximum atomic E-state index is 10.1. The minimum atomic E-state index is -0.934.